The van der Waals surface area contributed by atoms with Crippen LogP contribution in [0.3, 0.4) is 0 Å². The molecule has 0 aromatic carbocycles. The van der Waals surface area contributed by atoms with Gasteiger partial charge in [-0.2, -0.15) is 0 Å². The highest BCUT2D eigenvalue weighted by atomic mass is 16.3. The van der Waals surface area contributed by atoms with Gasteiger partial charge in [-0.1, -0.05) is 19.8 Å². The molecule has 1 aliphatic rings. The maximum atomic E-state index is 11.9. The maximum absolute atomic E-state index is 11.9. The zero-order chi connectivity index (χ0) is 15.9. The van der Waals surface area contributed by atoms with E-state index in [-0.39, 0.29) is 18.0 Å². The molecule has 6 heteroatoms. The second-order valence-electron chi connectivity index (χ2n) is 6.11. The second kappa shape index (κ2) is 7.87. The van der Waals surface area contributed by atoms with Crippen LogP contribution >= 0.6 is 0 Å². The minimum absolute atomic E-state index is 0.210. The summed E-state index contributed by atoms with van der Waals surface area (Å²) in [5, 5.41) is 8.36. The van der Waals surface area contributed by atoms with Crippen LogP contribution in [0, 0.1) is 5.92 Å². The molecular formula is C16H25N3O3. The third-order valence-corrected chi connectivity index (χ3v) is 4.03. The third-order valence-electron chi connectivity index (χ3n) is 4.03. The molecule has 3 N–H and O–H groups in total. The lowest BCUT2D eigenvalue weighted by Gasteiger charge is -2.28. The molecule has 22 heavy (non-hydrogen) atoms. The molecule has 1 aromatic heterocycles. The number of hydrogen-bond acceptors (Lipinski definition) is 3. The van der Waals surface area contributed by atoms with Crippen molar-refractivity contribution < 1.29 is 14.0 Å². The summed E-state index contributed by atoms with van der Waals surface area (Å²) in [4.78, 5) is 23.9. The minimum Gasteiger partial charge on any atom is -0.467 e. The minimum atomic E-state index is -0.587. The Labute approximate surface area is 131 Å². The topological polar surface area (TPSA) is 83.4 Å². The molecule has 1 fully saturated rings. The fourth-order valence-corrected chi connectivity index (χ4v) is 2.79. The Kier molecular flexibility index (Phi) is 5.86. The van der Waals surface area contributed by atoms with Crippen molar-refractivity contribution in [2.75, 3.05) is 0 Å². The molecule has 3 amide bonds. The average molecular weight is 307 g/mol. The number of nitrogens with one attached hydrogen (secondary N) is 3. The van der Waals surface area contributed by atoms with Crippen LogP contribution in [0.2, 0.25) is 0 Å². The molecule has 0 bridgehead atoms. The fraction of sp³-hybridized carbons (Fsp3) is 0.625. The van der Waals surface area contributed by atoms with Crippen LogP contribution in [0.25, 0.3) is 0 Å². The van der Waals surface area contributed by atoms with Crippen molar-refractivity contribution in [3.63, 3.8) is 0 Å². The molecule has 6 nitrogen and oxygen atoms in total. The first-order valence-electron chi connectivity index (χ1n) is 7.91. The fourth-order valence-electron chi connectivity index (χ4n) is 2.79. The van der Waals surface area contributed by atoms with Crippen LogP contribution in [-0.2, 0) is 11.3 Å². The van der Waals surface area contributed by atoms with Crippen molar-refractivity contribution in [1.82, 2.24) is 16.0 Å². The predicted molar refractivity (Wildman–Crippen MR) is 83.1 cm³/mol. The van der Waals surface area contributed by atoms with Gasteiger partial charge in [-0.25, -0.2) is 4.79 Å². The van der Waals surface area contributed by atoms with Crippen LogP contribution in [-0.4, -0.2) is 24.0 Å². The van der Waals surface area contributed by atoms with Crippen LogP contribution in [0.4, 0.5) is 4.79 Å². The Morgan fingerprint density at radius 2 is 2.23 bits per heavy atom. The summed E-state index contributed by atoms with van der Waals surface area (Å²) >= 11 is 0. The second-order valence-corrected chi connectivity index (χ2v) is 6.11. The summed E-state index contributed by atoms with van der Waals surface area (Å²) in [6, 6.07) is 2.90. The Morgan fingerprint density at radius 1 is 1.41 bits per heavy atom. The quantitative estimate of drug-likeness (QED) is 0.779. The van der Waals surface area contributed by atoms with Gasteiger partial charge in [-0.15, -0.1) is 0 Å². The van der Waals surface area contributed by atoms with Crippen LogP contribution in [0.15, 0.2) is 22.8 Å². The van der Waals surface area contributed by atoms with E-state index >= 15 is 0 Å². The van der Waals surface area contributed by atoms with Gasteiger partial charge >= 0.3 is 6.03 Å². The van der Waals surface area contributed by atoms with Crippen LogP contribution in [0.5, 0.6) is 0 Å². The molecule has 122 valence electrons. The van der Waals surface area contributed by atoms with Gasteiger partial charge in [0.1, 0.15) is 11.8 Å². The number of urea groups is 1. The number of amides is 3. The van der Waals surface area contributed by atoms with E-state index in [2.05, 4.69) is 22.9 Å². The molecule has 1 saturated carbocycles. The van der Waals surface area contributed by atoms with Gasteiger partial charge in [-0.3, -0.25) is 4.79 Å². The van der Waals surface area contributed by atoms with E-state index in [4.69, 9.17) is 4.42 Å². The van der Waals surface area contributed by atoms with E-state index in [1.807, 2.05) is 0 Å². The molecule has 1 aromatic rings. The van der Waals surface area contributed by atoms with Gasteiger partial charge in [0.25, 0.3) is 0 Å². The molecule has 2 rings (SSSR count). The van der Waals surface area contributed by atoms with E-state index in [0.717, 1.165) is 19.3 Å². The van der Waals surface area contributed by atoms with E-state index in [0.29, 0.717) is 18.2 Å². The lowest BCUT2D eigenvalue weighted by Crippen LogP contribution is -2.51. The van der Waals surface area contributed by atoms with Crippen molar-refractivity contribution >= 4 is 11.9 Å². The Bertz CT molecular complexity index is 487. The summed E-state index contributed by atoms with van der Waals surface area (Å²) in [6.07, 6.45) is 5.95. The van der Waals surface area contributed by atoms with E-state index in [9.17, 15) is 9.59 Å². The first-order chi connectivity index (χ1) is 10.5. The summed E-state index contributed by atoms with van der Waals surface area (Å²) in [6.45, 7) is 4.19. The van der Waals surface area contributed by atoms with Crippen molar-refractivity contribution in [1.29, 1.82) is 0 Å². The zero-order valence-corrected chi connectivity index (χ0v) is 13.2. The molecular weight excluding hydrogens is 282 g/mol. The molecule has 1 heterocycles. The zero-order valence-electron chi connectivity index (χ0n) is 13.2. The number of carbonyl (C=O) groups is 2. The summed E-state index contributed by atoms with van der Waals surface area (Å²) in [5.41, 5.74) is 0. The van der Waals surface area contributed by atoms with Crippen molar-refractivity contribution in [2.45, 2.75) is 58.2 Å². The van der Waals surface area contributed by atoms with Gasteiger partial charge in [0.2, 0.25) is 5.91 Å². The number of rotatable bonds is 5. The first kappa shape index (κ1) is 16.4. The Hall–Kier alpha value is -1.98. The summed E-state index contributed by atoms with van der Waals surface area (Å²) in [7, 11) is 0. The monoisotopic (exact) mass is 307 g/mol. The lowest BCUT2D eigenvalue weighted by atomic mass is 9.87. The third kappa shape index (κ3) is 5.09. The Morgan fingerprint density at radius 3 is 2.91 bits per heavy atom. The largest absolute Gasteiger partial charge is 0.467 e. The highest BCUT2D eigenvalue weighted by molar-refractivity contribution is 5.86. The highest BCUT2D eigenvalue weighted by Gasteiger charge is 2.22. The van der Waals surface area contributed by atoms with Gasteiger partial charge in [0, 0.05) is 6.04 Å². The maximum Gasteiger partial charge on any atom is 0.315 e. The number of hydrogen-bond donors (Lipinski definition) is 3. The number of furan rings is 1. The average Bonchev–Trinajstić information content (AvgIpc) is 2.97. The van der Waals surface area contributed by atoms with E-state index in [1.54, 1.807) is 25.3 Å². The predicted octanol–water partition coefficient (Wildman–Crippen LogP) is 2.16. The highest BCUT2D eigenvalue weighted by Crippen LogP contribution is 2.23. The van der Waals surface area contributed by atoms with Crippen molar-refractivity contribution in [2.24, 2.45) is 5.92 Å². The standard InChI is InChI=1S/C16H25N3O3/c1-11-5-3-6-13(9-11)19-16(21)18-12(2)15(20)17-10-14-7-4-8-22-14/h4,7-8,11-13H,3,5-6,9-10H2,1-2H3,(H,17,20)(H2,18,19,21). The molecule has 0 saturated heterocycles. The van der Waals surface area contributed by atoms with Gasteiger partial charge in [0.15, 0.2) is 0 Å². The van der Waals surface area contributed by atoms with Gasteiger partial charge < -0.3 is 20.4 Å². The SMILES string of the molecule is CC1CCCC(NC(=O)NC(C)C(=O)NCc2ccco2)C1. The molecule has 0 aliphatic heterocycles. The normalized spacial score (nSPS) is 22.6. The van der Waals surface area contributed by atoms with E-state index in [1.165, 1.54) is 6.42 Å². The molecule has 0 radical (unpaired) electrons. The molecule has 3 unspecified atom stereocenters. The Balaban J connectivity index is 1.69. The van der Waals surface area contributed by atoms with Gasteiger partial charge in [0.05, 0.1) is 12.8 Å². The molecule has 1 aliphatic carbocycles. The summed E-state index contributed by atoms with van der Waals surface area (Å²) in [5.74, 6) is 1.10. The van der Waals surface area contributed by atoms with Gasteiger partial charge in [-0.05, 0) is 37.8 Å². The van der Waals surface area contributed by atoms with Crippen LogP contribution < -0.4 is 16.0 Å². The molecule has 0 spiro atoms. The smallest absolute Gasteiger partial charge is 0.315 e. The lowest BCUT2D eigenvalue weighted by molar-refractivity contribution is -0.122. The van der Waals surface area contributed by atoms with Crippen LogP contribution in [0.1, 0.15) is 45.3 Å². The summed E-state index contributed by atoms with van der Waals surface area (Å²) < 4.78 is 5.14. The molecule has 3 atom stereocenters. The first-order valence-corrected chi connectivity index (χ1v) is 7.91. The number of carbonyl (C=O) groups excluding carboxylic acids is 2. The van der Waals surface area contributed by atoms with E-state index < -0.39 is 6.04 Å². The van der Waals surface area contributed by atoms with Crippen molar-refractivity contribution in [3.05, 3.63) is 24.2 Å². The van der Waals surface area contributed by atoms with Crippen molar-refractivity contribution in [3.8, 4) is 0 Å².